The predicted octanol–water partition coefficient (Wildman–Crippen LogP) is 2.89. The Balaban J connectivity index is 1.62. The van der Waals surface area contributed by atoms with Crippen molar-refractivity contribution in [1.29, 1.82) is 5.26 Å². The zero-order valence-corrected chi connectivity index (χ0v) is 14.0. The highest BCUT2D eigenvalue weighted by molar-refractivity contribution is 5.35. The van der Waals surface area contributed by atoms with Crippen molar-refractivity contribution < 1.29 is 0 Å². The molecule has 0 aliphatic carbocycles. The van der Waals surface area contributed by atoms with E-state index in [1.165, 1.54) is 64.1 Å². The molecule has 0 aromatic carbocycles. The molecule has 3 rings (SSSR count). The molecule has 2 fully saturated rings. The van der Waals surface area contributed by atoms with Gasteiger partial charge in [0, 0.05) is 24.5 Å². The van der Waals surface area contributed by atoms with Gasteiger partial charge in [0.1, 0.15) is 6.07 Å². The number of aromatic amines is 1. The van der Waals surface area contributed by atoms with Gasteiger partial charge in [-0.25, -0.2) is 0 Å². The lowest BCUT2D eigenvalue weighted by molar-refractivity contribution is 0.0218. The predicted molar refractivity (Wildman–Crippen MR) is 88.5 cm³/mol. The van der Waals surface area contributed by atoms with E-state index in [0.717, 1.165) is 17.8 Å². The Labute approximate surface area is 134 Å². The summed E-state index contributed by atoms with van der Waals surface area (Å²) in [6.45, 7) is 11.4. The fourth-order valence-electron chi connectivity index (χ4n) is 4.27. The van der Waals surface area contributed by atoms with Crippen molar-refractivity contribution in [3.8, 4) is 6.07 Å². The van der Waals surface area contributed by atoms with E-state index >= 15 is 0 Å². The van der Waals surface area contributed by atoms with Crippen molar-refractivity contribution in [3.63, 3.8) is 0 Å². The van der Waals surface area contributed by atoms with Gasteiger partial charge in [-0.3, -0.25) is 4.90 Å². The van der Waals surface area contributed by atoms with Crippen molar-refractivity contribution in [3.05, 3.63) is 23.0 Å². The lowest BCUT2D eigenvalue weighted by Gasteiger charge is -2.47. The Hall–Kier alpha value is -1.31. The van der Waals surface area contributed by atoms with E-state index in [9.17, 15) is 0 Å². The first-order chi connectivity index (χ1) is 10.6. The van der Waals surface area contributed by atoms with E-state index in [2.05, 4.69) is 27.8 Å². The summed E-state index contributed by atoms with van der Waals surface area (Å²) in [5, 5.41) is 9.10. The minimum atomic E-state index is 0.545. The van der Waals surface area contributed by atoms with Gasteiger partial charge in [0.25, 0.3) is 0 Å². The molecule has 0 bridgehead atoms. The van der Waals surface area contributed by atoms with Crippen LogP contribution in [0, 0.1) is 23.7 Å². The van der Waals surface area contributed by atoms with Crippen LogP contribution in [0.4, 0.5) is 0 Å². The van der Waals surface area contributed by atoms with Gasteiger partial charge in [-0.2, -0.15) is 5.26 Å². The van der Waals surface area contributed by atoms with Crippen LogP contribution < -0.4 is 0 Å². The molecule has 4 nitrogen and oxygen atoms in total. The number of nitrogens with one attached hydrogen (secondary N) is 1. The maximum absolute atomic E-state index is 9.10. The highest BCUT2D eigenvalue weighted by Gasteiger charge is 2.37. The van der Waals surface area contributed by atoms with Gasteiger partial charge in [0.2, 0.25) is 0 Å². The van der Waals surface area contributed by atoms with E-state index < -0.39 is 0 Å². The number of aryl methyl sites for hydroxylation is 1. The topological polar surface area (TPSA) is 46.1 Å². The van der Waals surface area contributed by atoms with Crippen LogP contribution in [0.15, 0.2) is 6.07 Å². The lowest BCUT2D eigenvalue weighted by Crippen LogP contribution is -2.49. The molecule has 0 saturated carbocycles. The average molecular weight is 300 g/mol. The van der Waals surface area contributed by atoms with Gasteiger partial charge < -0.3 is 9.88 Å². The Bertz CT molecular complexity index is 546. The number of nitriles is 1. The average Bonchev–Trinajstić information content (AvgIpc) is 2.88. The van der Waals surface area contributed by atoms with Crippen LogP contribution in [-0.4, -0.2) is 47.5 Å². The van der Waals surface area contributed by atoms with Crippen LogP contribution in [0.2, 0.25) is 0 Å². The second kappa shape index (κ2) is 6.44. The Morgan fingerprint density at radius 1 is 1.23 bits per heavy atom. The summed E-state index contributed by atoms with van der Waals surface area (Å²) in [4.78, 5) is 8.55. The summed E-state index contributed by atoms with van der Waals surface area (Å²) in [5.74, 6) is 0. The maximum Gasteiger partial charge on any atom is 0.101 e. The van der Waals surface area contributed by atoms with E-state index in [4.69, 9.17) is 5.26 Å². The zero-order valence-electron chi connectivity index (χ0n) is 14.0. The molecule has 2 aliphatic rings. The van der Waals surface area contributed by atoms with Crippen LogP contribution in [-0.2, 0) is 6.54 Å². The summed E-state index contributed by atoms with van der Waals surface area (Å²) in [7, 11) is 0. The minimum Gasteiger partial charge on any atom is -0.360 e. The molecule has 120 valence electrons. The zero-order chi connectivity index (χ0) is 15.6. The van der Waals surface area contributed by atoms with E-state index in [0.29, 0.717) is 5.41 Å². The third-order valence-electron chi connectivity index (χ3n) is 5.69. The van der Waals surface area contributed by atoms with Crippen molar-refractivity contribution in [2.45, 2.75) is 46.1 Å². The Morgan fingerprint density at radius 3 is 2.64 bits per heavy atom. The number of rotatable bonds is 3. The standard InChI is InChI=1S/C18H28N4/c1-3-21-9-6-18(7-10-21)5-4-8-22(14-18)13-17-11-16(12-19)15(2)20-17/h11,20H,3-10,13-14H2,1-2H3. The highest BCUT2D eigenvalue weighted by atomic mass is 15.2. The third kappa shape index (κ3) is 3.21. The van der Waals surface area contributed by atoms with Crippen molar-refractivity contribution in [2.24, 2.45) is 5.41 Å². The molecule has 0 amide bonds. The molecule has 4 heteroatoms. The third-order valence-corrected chi connectivity index (χ3v) is 5.69. The maximum atomic E-state index is 9.10. The van der Waals surface area contributed by atoms with Crippen molar-refractivity contribution >= 4 is 0 Å². The van der Waals surface area contributed by atoms with Crippen molar-refractivity contribution in [2.75, 3.05) is 32.7 Å². The van der Waals surface area contributed by atoms with Crippen LogP contribution in [0.1, 0.15) is 49.6 Å². The molecule has 1 spiro atoms. The molecule has 2 aliphatic heterocycles. The molecule has 2 saturated heterocycles. The van der Waals surface area contributed by atoms with E-state index in [1.807, 2.05) is 13.0 Å². The van der Waals surface area contributed by atoms with Gasteiger partial charge in [-0.1, -0.05) is 6.92 Å². The minimum absolute atomic E-state index is 0.545. The van der Waals surface area contributed by atoms with Crippen molar-refractivity contribution in [1.82, 2.24) is 14.8 Å². The lowest BCUT2D eigenvalue weighted by atomic mass is 9.72. The molecule has 3 heterocycles. The van der Waals surface area contributed by atoms with Crippen LogP contribution in [0.5, 0.6) is 0 Å². The molecular weight excluding hydrogens is 272 g/mol. The molecule has 22 heavy (non-hydrogen) atoms. The second-order valence-electron chi connectivity index (χ2n) is 7.19. The smallest absolute Gasteiger partial charge is 0.101 e. The van der Waals surface area contributed by atoms with Gasteiger partial charge in [0.05, 0.1) is 5.56 Å². The van der Waals surface area contributed by atoms with Gasteiger partial charge >= 0.3 is 0 Å². The first kappa shape index (κ1) is 15.6. The fraction of sp³-hybridized carbons (Fsp3) is 0.722. The second-order valence-corrected chi connectivity index (χ2v) is 7.19. The molecule has 0 atom stereocenters. The molecule has 1 aromatic heterocycles. The SMILES string of the molecule is CCN1CCC2(CCCN(Cc3cc(C#N)c(C)[nH]3)C2)CC1. The summed E-state index contributed by atoms with van der Waals surface area (Å²) in [6, 6.07) is 4.29. The summed E-state index contributed by atoms with van der Waals surface area (Å²) < 4.78 is 0. The normalized spacial score (nSPS) is 22.8. The number of nitrogens with zero attached hydrogens (tertiary/aromatic N) is 3. The fourth-order valence-corrected chi connectivity index (χ4v) is 4.27. The summed E-state index contributed by atoms with van der Waals surface area (Å²) >= 11 is 0. The largest absolute Gasteiger partial charge is 0.360 e. The highest BCUT2D eigenvalue weighted by Crippen LogP contribution is 2.40. The molecule has 0 unspecified atom stereocenters. The Kier molecular flexibility index (Phi) is 4.56. The van der Waals surface area contributed by atoms with Crippen LogP contribution >= 0.6 is 0 Å². The number of likely N-dealkylation sites (tertiary alicyclic amines) is 2. The Morgan fingerprint density at radius 2 is 2.00 bits per heavy atom. The van der Waals surface area contributed by atoms with Gasteiger partial charge in [-0.05, 0) is 70.3 Å². The molecular formula is C18H28N4. The van der Waals surface area contributed by atoms with E-state index in [1.54, 1.807) is 0 Å². The molecule has 0 radical (unpaired) electrons. The number of hydrogen-bond donors (Lipinski definition) is 1. The molecule has 1 aromatic rings. The first-order valence-electron chi connectivity index (χ1n) is 8.67. The number of hydrogen-bond acceptors (Lipinski definition) is 3. The van der Waals surface area contributed by atoms with E-state index in [-0.39, 0.29) is 0 Å². The van der Waals surface area contributed by atoms with Gasteiger partial charge in [-0.15, -0.1) is 0 Å². The summed E-state index contributed by atoms with van der Waals surface area (Å²) in [6.07, 6.45) is 5.42. The number of piperidine rings is 2. The number of aromatic nitrogens is 1. The first-order valence-corrected chi connectivity index (χ1v) is 8.67. The summed E-state index contributed by atoms with van der Waals surface area (Å²) in [5.41, 5.74) is 3.53. The van der Waals surface area contributed by atoms with Gasteiger partial charge in [0.15, 0.2) is 0 Å². The quantitative estimate of drug-likeness (QED) is 0.933. The molecule has 1 N–H and O–H groups in total. The van der Waals surface area contributed by atoms with Crippen LogP contribution in [0.25, 0.3) is 0 Å². The van der Waals surface area contributed by atoms with Crippen LogP contribution in [0.3, 0.4) is 0 Å². The number of H-pyrrole nitrogens is 1. The monoisotopic (exact) mass is 300 g/mol.